The topological polar surface area (TPSA) is 32.3 Å². The van der Waals surface area contributed by atoms with Gasteiger partial charge in [-0.3, -0.25) is 0 Å². The van der Waals surface area contributed by atoms with Crippen molar-refractivity contribution < 1.29 is 5.11 Å². The van der Waals surface area contributed by atoms with Gasteiger partial charge in [-0.1, -0.05) is 20.3 Å². The Morgan fingerprint density at radius 2 is 2.08 bits per heavy atom. The van der Waals surface area contributed by atoms with Crippen LogP contribution in [0.3, 0.4) is 0 Å². The molecule has 2 nitrogen and oxygen atoms in total. The highest BCUT2D eigenvalue weighted by atomic mass is 16.3. The van der Waals surface area contributed by atoms with E-state index in [2.05, 4.69) is 19.2 Å². The molecule has 0 aliphatic heterocycles. The highest BCUT2D eigenvalue weighted by Crippen LogP contribution is 2.21. The first-order chi connectivity index (χ1) is 6.14. The molecule has 1 saturated carbocycles. The Kier molecular flexibility index (Phi) is 4.20. The van der Waals surface area contributed by atoms with Crippen molar-refractivity contribution in [1.82, 2.24) is 5.32 Å². The van der Waals surface area contributed by atoms with Gasteiger partial charge in [0.1, 0.15) is 0 Å². The van der Waals surface area contributed by atoms with Crippen molar-refractivity contribution >= 4 is 0 Å². The molecule has 0 aromatic carbocycles. The molecule has 0 bridgehead atoms. The van der Waals surface area contributed by atoms with Gasteiger partial charge in [0.15, 0.2) is 0 Å². The molecule has 0 aromatic rings. The van der Waals surface area contributed by atoms with E-state index in [0.717, 1.165) is 19.0 Å². The molecule has 0 saturated heterocycles. The third-order valence-electron chi connectivity index (χ3n) is 3.00. The van der Waals surface area contributed by atoms with E-state index in [4.69, 9.17) is 5.11 Å². The molecule has 2 N–H and O–H groups in total. The summed E-state index contributed by atoms with van der Waals surface area (Å²) in [6.45, 7) is 5.66. The molecular formula is C11H23NO. The molecule has 78 valence electrons. The van der Waals surface area contributed by atoms with Crippen LogP contribution < -0.4 is 5.32 Å². The Balaban J connectivity index is 1.93. The zero-order chi connectivity index (χ0) is 9.73. The van der Waals surface area contributed by atoms with Crippen molar-refractivity contribution in [3.05, 3.63) is 0 Å². The van der Waals surface area contributed by atoms with Crippen LogP contribution in [0.4, 0.5) is 0 Å². The fourth-order valence-corrected chi connectivity index (χ4v) is 1.56. The first kappa shape index (κ1) is 11.0. The van der Waals surface area contributed by atoms with E-state index in [9.17, 15) is 0 Å². The summed E-state index contributed by atoms with van der Waals surface area (Å²) in [4.78, 5) is 0. The van der Waals surface area contributed by atoms with Crippen molar-refractivity contribution in [3.63, 3.8) is 0 Å². The largest absolute Gasteiger partial charge is 0.396 e. The summed E-state index contributed by atoms with van der Waals surface area (Å²) in [5.74, 6) is 0. The molecule has 2 heteroatoms. The minimum Gasteiger partial charge on any atom is -0.396 e. The molecule has 0 unspecified atom stereocenters. The number of rotatable bonds is 6. The lowest BCUT2D eigenvalue weighted by molar-refractivity contribution is 0.147. The summed E-state index contributed by atoms with van der Waals surface area (Å²) in [5, 5.41) is 12.6. The van der Waals surface area contributed by atoms with Gasteiger partial charge < -0.3 is 10.4 Å². The van der Waals surface area contributed by atoms with Crippen molar-refractivity contribution in [1.29, 1.82) is 0 Å². The van der Waals surface area contributed by atoms with Crippen molar-refractivity contribution in [3.8, 4) is 0 Å². The first-order valence-electron chi connectivity index (χ1n) is 5.48. The van der Waals surface area contributed by atoms with Crippen LogP contribution in [0.1, 0.15) is 46.0 Å². The molecule has 1 rings (SSSR count). The zero-order valence-electron chi connectivity index (χ0n) is 8.97. The van der Waals surface area contributed by atoms with Crippen LogP contribution in [-0.4, -0.2) is 24.3 Å². The molecule has 0 radical (unpaired) electrons. The minimum absolute atomic E-state index is 0.112. The number of aliphatic hydroxyl groups is 1. The van der Waals surface area contributed by atoms with E-state index < -0.39 is 0 Å². The standard InChI is InChI=1S/C11H23NO/c1-11(2,9-13)7-4-8-12-10-5-3-6-10/h10,12-13H,3-9H2,1-2H3. The summed E-state index contributed by atoms with van der Waals surface area (Å²) >= 11 is 0. The van der Waals surface area contributed by atoms with Crippen LogP contribution in [-0.2, 0) is 0 Å². The fraction of sp³-hybridized carbons (Fsp3) is 1.00. The van der Waals surface area contributed by atoms with E-state index in [-0.39, 0.29) is 5.41 Å². The first-order valence-corrected chi connectivity index (χ1v) is 5.48. The molecule has 0 amide bonds. The zero-order valence-corrected chi connectivity index (χ0v) is 8.97. The lowest BCUT2D eigenvalue weighted by atomic mass is 9.88. The third-order valence-corrected chi connectivity index (χ3v) is 3.00. The van der Waals surface area contributed by atoms with Gasteiger partial charge in [-0.2, -0.15) is 0 Å². The predicted octanol–water partition coefficient (Wildman–Crippen LogP) is 1.93. The van der Waals surface area contributed by atoms with Crippen LogP contribution in [0.25, 0.3) is 0 Å². The van der Waals surface area contributed by atoms with E-state index in [1.165, 1.54) is 25.7 Å². The average Bonchev–Trinajstić information content (AvgIpc) is 2.01. The molecule has 0 aromatic heterocycles. The van der Waals surface area contributed by atoms with Gasteiger partial charge in [0, 0.05) is 12.6 Å². The maximum atomic E-state index is 9.04. The number of aliphatic hydroxyl groups excluding tert-OH is 1. The monoisotopic (exact) mass is 185 g/mol. The Morgan fingerprint density at radius 1 is 1.38 bits per heavy atom. The second-order valence-electron chi connectivity index (χ2n) is 5.01. The smallest absolute Gasteiger partial charge is 0.0482 e. The number of hydrogen-bond donors (Lipinski definition) is 2. The van der Waals surface area contributed by atoms with Crippen LogP contribution in [0.5, 0.6) is 0 Å². The molecule has 0 heterocycles. The van der Waals surface area contributed by atoms with Crippen molar-refractivity contribution in [2.45, 2.75) is 52.0 Å². The normalized spacial score (nSPS) is 18.7. The van der Waals surface area contributed by atoms with E-state index >= 15 is 0 Å². The van der Waals surface area contributed by atoms with Gasteiger partial charge in [0.25, 0.3) is 0 Å². The van der Waals surface area contributed by atoms with E-state index in [1.54, 1.807) is 0 Å². The fourth-order valence-electron chi connectivity index (χ4n) is 1.56. The minimum atomic E-state index is 0.112. The summed E-state index contributed by atoms with van der Waals surface area (Å²) in [5.41, 5.74) is 0.112. The van der Waals surface area contributed by atoms with Crippen LogP contribution in [0.2, 0.25) is 0 Å². The lowest BCUT2D eigenvalue weighted by Crippen LogP contribution is -2.36. The average molecular weight is 185 g/mol. The van der Waals surface area contributed by atoms with E-state index in [0.29, 0.717) is 6.61 Å². The van der Waals surface area contributed by atoms with Crippen molar-refractivity contribution in [2.75, 3.05) is 13.2 Å². The van der Waals surface area contributed by atoms with Crippen LogP contribution in [0, 0.1) is 5.41 Å². The molecular weight excluding hydrogens is 162 g/mol. The Morgan fingerprint density at radius 3 is 2.54 bits per heavy atom. The highest BCUT2D eigenvalue weighted by Gasteiger charge is 2.18. The second-order valence-corrected chi connectivity index (χ2v) is 5.01. The Bertz CT molecular complexity index is 141. The predicted molar refractivity (Wildman–Crippen MR) is 55.7 cm³/mol. The summed E-state index contributed by atoms with van der Waals surface area (Å²) < 4.78 is 0. The number of nitrogens with one attached hydrogen (secondary N) is 1. The molecule has 1 aliphatic carbocycles. The second kappa shape index (κ2) is 4.97. The van der Waals surface area contributed by atoms with Gasteiger partial charge in [-0.15, -0.1) is 0 Å². The summed E-state index contributed by atoms with van der Waals surface area (Å²) in [7, 11) is 0. The van der Waals surface area contributed by atoms with Gasteiger partial charge in [0.05, 0.1) is 0 Å². The summed E-state index contributed by atoms with van der Waals surface area (Å²) in [6, 6.07) is 0.803. The van der Waals surface area contributed by atoms with Crippen molar-refractivity contribution in [2.24, 2.45) is 5.41 Å². The lowest BCUT2D eigenvalue weighted by Gasteiger charge is -2.27. The maximum Gasteiger partial charge on any atom is 0.0482 e. The van der Waals surface area contributed by atoms with Gasteiger partial charge in [-0.25, -0.2) is 0 Å². The number of hydrogen-bond acceptors (Lipinski definition) is 2. The molecule has 13 heavy (non-hydrogen) atoms. The quantitative estimate of drug-likeness (QED) is 0.620. The SMILES string of the molecule is CC(C)(CO)CCCNC1CCC1. The Labute approximate surface area is 81.7 Å². The van der Waals surface area contributed by atoms with Gasteiger partial charge >= 0.3 is 0 Å². The third kappa shape index (κ3) is 4.10. The van der Waals surface area contributed by atoms with E-state index in [1.807, 2.05) is 0 Å². The molecule has 1 aliphatic rings. The Hall–Kier alpha value is -0.0800. The maximum absolute atomic E-state index is 9.04. The summed E-state index contributed by atoms with van der Waals surface area (Å²) in [6.07, 6.45) is 6.43. The highest BCUT2D eigenvalue weighted by molar-refractivity contribution is 4.76. The molecule has 1 fully saturated rings. The van der Waals surface area contributed by atoms with Crippen LogP contribution in [0.15, 0.2) is 0 Å². The molecule has 0 spiro atoms. The van der Waals surface area contributed by atoms with Gasteiger partial charge in [-0.05, 0) is 37.6 Å². The van der Waals surface area contributed by atoms with Crippen LogP contribution >= 0.6 is 0 Å². The van der Waals surface area contributed by atoms with Gasteiger partial charge in [0.2, 0.25) is 0 Å². The molecule has 0 atom stereocenters.